The molecule has 0 aliphatic heterocycles. The predicted octanol–water partition coefficient (Wildman–Crippen LogP) is 2.49. The van der Waals surface area contributed by atoms with Gasteiger partial charge in [0.2, 0.25) is 5.91 Å². The van der Waals surface area contributed by atoms with Gasteiger partial charge in [-0.15, -0.1) is 0 Å². The van der Waals surface area contributed by atoms with Crippen LogP contribution in [0.1, 0.15) is 22.3 Å². The number of benzene rings is 2. The Morgan fingerprint density at radius 2 is 1.70 bits per heavy atom. The molecule has 0 fully saturated rings. The van der Waals surface area contributed by atoms with E-state index < -0.39 is 0 Å². The fourth-order valence-electron chi connectivity index (χ4n) is 2.67. The van der Waals surface area contributed by atoms with E-state index >= 15 is 0 Å². The molecule has 0 radical (unpaired) electrons. The minimum absolute atomic E-state index is 0.0313. The van der Waals surface area contributed by atoms with Gasteiger partial charge in [-0.2, -0.15) is 0 Å². The summed E-state index contributed by atoms with van der Waals surface area (Å²) in [6.07, 6.45) is 0.220. The van der Waals surface area contributed by atoms with E-state index in [-0.39, 0.29) is 24.8 Å². The molecule has 27 heavy (non-hydrogen) atoms. The molecule has 0 atom stereocenters. The van der Waals surface area contributed by atoms with Crippen molar-refractivity contribution in [3.05, 3.63) is 65.7 Å². The van der Waals surface area contributed by atoms with Crippen molar-refractivity contribution in [3.63, 3.8) is 0 Å². The van der Waals surface area contributed by atoms with Crippen molar-refractivity contribution in [2.75, 3.05) is 33.9 Å². The summed E-state index contributed by atoms with van der Waals surface area (Å²) >= 11 is 0. The molecule has 0 aliphatic carbocycles. The van der Waals surface area contributed by atoms with Gasteiger partial charge in [0.1, 0.15) is 5.75 Å². The lowest BCUT2D eigenvalue weighted by Gasteiger charge is -2.22. The van der Waals surface area contributed by atoms with E-state index in [0.717, 1.165) is 5.56 Å². The molecule has 0 bridgehead atoms. The number of carbonyl (C=O) groups is 2. The van der Waals surface area contributed by atoms with E-state index in [1.54, 1.807) is 36.3 Å². The quantitative estimate of drug-likeness (QED) is 0.698. The van der Waals surface area contributed by atoms with E-state index in [9.17, 15) is 9.59 Å². The zero-order valence-electron chi connectivity index (χ0n) is 15.8. The van der Waals surface area contributed by atoms with Crippen LogP contribution >= 0.6 is 0 Å². The standard InChI is InChI=1S/C21H26N2O4/c1-26-15-14-23(16-17-8-4-3-5-9-17)20(24)12-13-22-21(25)18-10-6-7-11-19(18)27-2/h3-11H,12-16H2,1-2H3,(H,22,25). The van der Waals surface area contributed by atoms with Crippen molar-refractivity contribution in [3.8, 4) is 5.75 Å². The Hall–Kier alpha value is -2.86. The molecule has 0 aromatic heterocycles. The lowest BCUT2D eigenvalue weighted by atomic mass is 10.2. The van der Waals surface area contributed by atoms with Gasteiger partial charge in [0.05, 0.1) is 19.3 Å². The predicted molar refractivity (Wildman–Crippen MR) is 104 cm³/mol. The number of hydrogen-bond donors (Lipinski definition) is 1. The van der Waals surface area contributed by atoms with Gasteiger partial charge in [-0.1, -0.05) is 42.5 Å². The molecule has 6 heteroatoms. The number of amides is 2. The third-order valence-corrected chi connectivity index (χ3v) is 4.11. The van der Waals surface area contributed by atoms with E-state index in [2.05, 4.69) is 5.32 Å². The SMILES string of the molecule is COCCN(Cc1ccccc1)C(=O)CCNC(=O)c1ccccc1OC. The molecule has 0 aliphatic rings. The monoisotopic (exact) mass is 370 g/mol. The van der Waals surface area contributed by atoms with Crippen LogP contribution in [0.4, 0.5) is 0 Å². The molecule has 0 spiro atoms. The topological polar surface area (TPSA) is 67.9 Å². The Balaban J connectivity index is 1.89. The van der Waals surface area contributed by atoms with Crippen LogP contribution in [-0.4, -0.2) is 50.6 Å². The van der Waals surface area contributed by atoms with Crippen LogP contribution < -0.4 is 10.1 Å². The Morgan fingerprint density at radius 1 is 1.00 bits per heavy atom. The highest BCUT2D eigenvalue weighted by molar-refractivity contribution is 5.97. The van der Waals surface area contributed by atoms with Gasteiger partial charge in [0.25, 0.3) is 5.91 Å². The van der Waals surface area contributed by atoms with Gasteiger partial charge in [-0.25, -0.2) is 0 Å². The van der Waals surface area contributed by atoms with Crippen molar-refractivity contribution >= 4 is 11.8 Å². The number of rotatable bonds is 10. The van der Waals surface area contributed by atoms with Crippen molar-refractivity contribution in [2.45, 2.75) is 13.0 Å². The maximum absolute atomic E-state index is 12.6. The molecule has 0 saturated carbocycles. The maximum Gasteiger partial charge on any atom is 0.255 e. The third kappa shape index (κ3) is 6.42. The Kier molecular flexibility index (Phi) is 8.32. The van der Waals surface area contributed by atoms with Crippen LogP contribution in [0, 0.1) is 0 Å². The second kappa shape index (κ2) is 11.0. The molecule has 2 amide bonds. The average Bonchev–Trinajstić information content (AvgIpc) is 2.71. The van der Waals surface area contributed by atoms with Crippen LogP contribution in [-0.2, 0) is 16.1 Å². The molecule has 2 aromatic carbocycles. The van der Waals surface area contributed by atoms with E-state index in [4.69, 9.17) is 9.47 Å². The molecular formula is C21H26N2O4. The summed E-state index contributed by atoms with van der Waals surface area (Å²) in [4.78, 5) is 26.6. The third-order valence-electron chi connectivity index (χ3n) is 4.11. The zero-order chi connectivity index (χ0) is 19.5. The molecule has 2 aromatic rings. The summed E-state index contributed by atoms with van der Waals surface area (Å²) in [7, 11) is 3.13. The normalized spacial score (nSPS) is 10.3. The molecule has 144 valence electrons. The van der Waals surface area contributed by atoms with Gasteiger partial charge in [0, 0.05) is 33.2 Å². The lowest BCUT2D eigenvalue weighted by Crippen LogP contribution is -2.36. The van der Waals surface area contributed by atoms with Gasteiger partial charge in [0.15, 0.2) is 0 Å². The minimum atomic E-state index is -0.258. The van der Waals surface area contributed by atoms with Crippen LogP contribution in [0.25, 0.3) is 0 Å². The number of hydrogen-bond acceptors (Lipinski definition) is 4. The summed E-state index contributed by atoms with van der Waals surface area (Å²) < 4.78 is 10.3. The maximum atomic E-state index is 12.6. The first-order valence-electron chi connectivity index (χ1n) is 8.87. The summed E-state index contributed by atoms with van der Waals surface area (Å²) in [5, 5.41) is 2.78. The first-order chi connectivity index (χ1) is 13.2. The summed E-state index contributed by atoms with van der Waals surface area (Å²) in [6, 6.07) is 16.8. The molecule has 0 heterocycles. The molecule has 6 nitrogen and oxygen atoms in total. The van der Waals surface area contributed by atoms with Crippen molar-refractivity contribution in [1.29, 1.82) is 0 Å². The van der Waals surface area contributed by atoms with E-state index in [1.165, 1.54) is 7.11 Å². The number of para-hydroxylation sites is 1. The van der Waals surface area contributed by atoms with Crippen LogP contribution in [0.3, 0.4) is 0 Å². The molecule has 1 N–H and O–H groups in total. The molecular weight excluding hydrogens is 344 g/mol. The average molecular weight is 370 g/mol. The second-order valence-electron chi connectivity index (χ2n) is 6.00. The Labute approximate surface area is 160 Å². The number of ether oxygens (including phenoxy) is 2. The van der Waals surface area contributed by atoms with Crippen molar-refractivity contribution in [1.82, 2.24) is 10.2 Å². The number of carbonyl (C=O) groups excluding carboxylic acids is 2. The van der Waals surface area contributed by atoms with E-state index in [1.807, 2.05) is 30.3 Å². The van der Waals surface area contributed by atoms with Gasteiger partial charge < -0.3 is 19.7 Å². The van der Waals surface area contributed by atoms with Crippen LogP contribution in [0.15, 0.2) is 54.6 Å². The van der Waals surface area contributed by atoms with Gasteiger partial charge in [-0.05, 0) is 17.7 Å². The smallest absolute Gasteiger partial charge is 0.255 e. The largest absolute Gasteiger partial charge is 0.496 e. The van der Waals surface area contributed by atoms with Crippen LogP contribution in [0.2, 0.25) is 0 Å². The highest BCUT2D eigenvalue weighted by Gasteiger charge is 2.15. The molecule has 0 unspecified atom stereocenters. The van der Waals surface area contributed by atoms with E-state index in [0.29, 0.717) is 31.0 Å². The highest BCUT2D eigenvalue weighted by Crippen LogP contribution is 2.16. The summed E-state index contributed by atoms with van der Waals surface area (Å²) in [6.45, 7) is 1.74. The highest BCUT2D eigenvalue weighted by atomic mass is 16.5. The molecule has 2 rings (SSSR count). The minimum Gasteiger partial charge on any atom is -0.496 e. The second-order valence-corrected chi connectivity index (χ2v) is 6.00. The van der Waals surface area contributed by atoms with Crippen molar-refractivity contribution in [2.24, 2.45) is 0 Å². The first kappa shape index (κ1) is 20.5. The van der Waals surface area contributed by atoms with Crippen LogP contribution in [0.5, 0.6) is 5.75 Å². The number of nitrogens with one attached hydrogen (secondary N) is 1. The summed E-state index contributed by atoms with van der Waals surface area (Å²) in [5.41, 5.74) is 1.51. The lowest BCUT2D eigenvalue weighted by molar-refractivity contribution is -0.132. The molecule has 0 saturated heterocycles. The summed E-state index contributed by atoms with van der Waals surface area (Å²) in [5.74, 6) is 0.218. The zero-order valence-corrected chi connectivity index (χ0v) is 15.8. The number of methoxy groups -OCH3 is 2. The van der Waals surface area contributed by atoms with Crippen molar-refractivity contribution < 1.29 is 19.1 Å². The Bertz CT molecular complexity index is 734. The number of nitrogens with zero attached hydrogens (tertiary/aromatic N) is 1. The fourth-order valence-corrected chi connectivity index (χ4v) is 2.67. The first-order valence-corrected chi connectivity index (χ1v) is 8.87. The van der Waals surface area contributed by atoms with Gasteiger partial charge in [-0.3, -0.25) is 9.59 Å². The Morgan fingerprint density at radius 3 is 2.41 bits per heavy atom. The fraction of sp³-hybridized carbons (Fsp3) is 0.333. The van der Waals surface area contributed by atoms with Gasteiger partial charge >= 0.3 is 0 Å².